The third-order valence-corrected chi connectivity index (χ3v) is 3.86. The van der Waals surface area contributed by atoms with Crippen molar-refractivity contribution < 1.29 is 4.79 Å². The molecule has 0 aromatic rings. The summed E-state index contributed by atoms with van der Waals surface area (Å²) in [6.07, 6.45) is 5.77. The van der Waals surface area contributed by atoms with Gasteiger partial charge < -0.3 is 4.90 Å². The summed E-state index contributed by atoms with van der Waals surface area (Å²) in [5, 5.41) is 0. The highest BCUT2D eigenvalue weighted by Gasteiger charge is 2.29. The molecule has 14 heavy (non-hydrogen) atoms. The molecule has 2 nitrogen and oxygen atoms in total. The predicted molar refractivity (Wildman–Crippen MR) is 57.2 cm³/mol. The zero-order valence-electron chi connectivity index (χ0n) is 9.17. The minimum Gasteiger partial charge on any atom is -0.302 e. The van der Waals surface area contributed by atoms with E-state index in [1.54, 1.807) is 0 Å². The van der Waals surface area contributed by atoms with E-state index in [-0.39, 0.29) is 0 Å². The van der Waals surface area contributed by atoms with Crippen molar-refractivity contribution in [3.05, 3.63) is 0 Å². The summed E-state index contributed by atoms with van der Waals surface area (Å²) in [7, 11) is 0. The number of likely N-dealkylation sites (tertiary alicyclic amines) is 1. The quantitative estimate of drug-likeness (QED) is 0.687. The Bertz CT molecular complexity index is 214. The minimum absolute atomic E-state index is 0.380. The molecule has 2 atom stereocenters. The van der Waals surface area contributed by atoms with E-state index in [1.807, 2.05) is 0 Å². The molecule has 0 aromatic heterocycles. The van der Waals surface area contributed by atoms with Gasteiger partial charge in [-0.25, -0.2) is 0 Å². The van der Waals surface area contributed by atoms with Gasteiger partial charge in [-0.2, -0.15) is 0 Å². The van der Waals surface area contributed by atoms with Gasteiger partial charge in [0, 0.05) is 25.4 Å². The maximum atomic E-state index is 11.5. The SMILES string of the molecule is CCC1CCN(CC2CCCC2=O)C1. The fourth-order valence-corrected chi connectivity index (χ4v) is 2.80. The second-order valence-corrected chi connectivity index (χ2v) is 4.88. The Balaban J connectivity index is 1.78. The number of ketones is 1. The van der Waals surface area contributed by atoms with Gasteiger partial charge in [0.1, 0.15) is 5.78 Å². The molecule has 0 N–H and O–H groups in total. The van der Waals surface area contributed by atoms with Crippen LogP contribution in [0.5, 0.6) is 0 Å². The molecule has 0 amide bonds. The summed E-state index contributed by atoms with van der Waals surface area (Å²) in [5.41, 5.74) is 0. The molecule has 0 bridgehead atoms. The lowest BCUT2D eigenvalue weighted by Crippen LogP contribution is -2.29. The molecule has 1 heterocycles. The van der Waals surface area contributed by atoms with Gasteiger partial charge in [-0.15, -0.1) is 0 Å². The van der Waals surface area contributed by atoms with Crippen LogP contribution < -0.4 is 0 Å². The van der Waals surface area contributed by atoms with Crippen molar-refractivity contribution in [3.8, 4) is 0 Å². The Hall–Kier alpha value is -0.370. The van der Waals surface area contributed by atoms with Gasteiger partial charge in [0.25, 0.3) is 0 Å². The highest BCUT2D eigenvalue weighted by Crippen LogP contribution is 2.25. The second kappa shape index (κ2) is 4.43. The number of carbonyl (C=O) groups is 1. The smallest absolute Gasteiger partial charge is 0.137 e. The van der Waals surface area contributed by atoms with Crippen LogP contribution in [-0.4, -0.2) is 30.3 Å². The molecule has 2 unspecified atom stereocenters. The Kier molecular flexibility index (Phi) is 3.22. The van der Waals surface area contributed by atoms with E-state index in [1.165, 1.54) is 25.9 Å². The molecule has 2 fully saturated rings. The first-order valence-electron chi connectivity index (χ1n) is 6.04. The normalized spacial score (nSPS) is 34.2. The summed E-state index contributed by atoms with van der Waals surface area (Å²) >= 11 is 0. The molecular weight excluding hydrogens is 174 g/mol. The maximum Gasteiger partial charge on any atom is 0.137 e. The van der Waals surface area contributed by atoms with Crippen molar-refractivity contribution in [2.45, 2.75) is 39.0 Å². The first-order valence-corrected chi connectivity index (χ1v) is 6.04. The lowest BCUT2D eigenvalue weighted by Gasteiger charge is -2.19. The van der Waals surface area contributed by atoms with Crippen LogP contribution in [0.15, 0.2) is 0 Å². The van der Waals surface area contributed by atoms with Crippen molar-refractivity contribution in [1.82, 2.24) is 4.90 Å². The first kappa shape index (κ1) is 10.2. The van der Waals surface area contributed by atoms with Gasteiger partial charge >= 0.3 is 0 Å². The zero-order chi connectivity index (χ0) is 9.97. The number of carbonyl (C=O) groups excluding carboxylic acids is 1. The second-order valence-electron chi connectivity index (χ2n) is 4.88. The highest BCUT2D eigenvalue weighted by atomic mass is 16.1. The van der Waals surface area contributed by atoms with Gasteiger partial charge in [-0.05, 0) is 31.7 Å². The van der Waals surface area contributed by atoms with Crippen molar-refractivity contribution in [3.63, 3.8) is 0 Å². The van der Waals surface area contributed by atoms with Crippen molar-refractivity contribution in [1.29, 1.82) is 0 Å². The number of nitrogens with zero attached hydrogens (tertiary/aromatic N) is 1. The summed E-state index contributed by atoms with van der Waals surface area (Å²) in [6, 6.07) is 0. The van der Waals surface area contributed by atoms with E-state index >= 15 is 0 Å². The van der Waals surface area contributed by atoms with E-state index in [9.17, 15) is 4.79 Å². The molecule has 0 radical (unpaired) electrons. The van der Waals surface area contributed by atoms with Crippen LogP contribution in [-0.2, 0) is 4.79 Å². The molecule has 2 rings (SSSR count). The van der Waals surface area contributed by atoms with E-state index < -0.39 is 0 Å². The number of rotatable bonds is 3. The van der Waals surface area contributed by atoms with Crippen LogP contribution in [0, 0.1) is 11.8 Å². The average molecular weight is 195 g/mol. The molecule has 1 aliphatic carbocycles. The highest BCUT2D eigenvalue weighted by molar-refractivity contribution is 5.83. The van der Waals surface area contributed by atoms with Crippen LogP contribution in [0.1, 0.15) is 39.0 Å². The van der Waals surface area contributed by atoms with Crippen molar-refractivity contribution >= 4 is 5.78 Å². The number of hydrogen-bond donors (Lipinski definition) is 0. The molecule has 80 valence electrons. The fraction of sp³-hybridized carbons (Fsp3) is 0.917. The van der Waals surface area contributed by atoms with Gasteiger partial charge in [0.2, 0.25) is 0 Å². The third kappa shape index (κ3) is 2.17. The van der Waals surface area contributed by atoms with Gasteiger partial charge in [-0.1, -0.05) is 13.3 Å². The lowest BCUT2D eigenvalue weighted by atomic mass is 10.1. The van der Waals surface area contributed by atoms with Crippen molar-refractivity contribution in [2.24, 2.45) is 11.8 Å². The van der Waals surface area contributed by atoms with Crippen molar-refractivity contribution in [2.75, 3.05) is 19.6 Å². The Morgan fingerprint density at radius 1 is 1.43 bits per heavy atom. The van der Waals surface area contributed by atoms with Crippen LogP contribution in [0.2, 0.25) is 0 Å². The van der Waals surface area contributed by atoms with Gasteiger partial charge in [0.05, 0.1) is 0 Å². The third-order valence-electron chi connectivity index (χ3n) is 3.86. The Labute approximate surface area is 86.7 Å². The molecule has 2 aliphatic rings. The van der Waals surface area contributed by atoms with Crippen LogP contribution >= 0.6 is 0 Å². The van der Waals surface area contributed by atoms with Gasteiger partial charge in [-0.3, -0.25) is 4.79 Å². The molecule has 1 saturated carbocycles. The summed E-state index contributed by atoms with van der Waals surface area (Å²) < 4.78 is 0. The Morgan fingerprint density at radius 3 is 2.86 bits per heavy atom. The first-order chi connectivity index (χ1) is 6.79. The van der Waals surface area contributed by atoms with Crippen LogP contribution in [0.25, 0.3) is 0 Å². The molecule has 1 saturated heterocycles. The van der Waals surface area contributed by atoms with E-state index in [0.29, 0.717) is 11.7 Å². The molecule has 0 aromatic carbocycles. The topological polar surface area (TPSA) is 20.3 Å². The Morgan fingerprint density at radius 2 is 2.29 bits per heavy atom. The maximum absolute atomic E-state index is 11.5. The lowest BCUT2D eigenvalue weighted by molar-refractivity contribution is -0.121. The molecule has 0 spiro atoms. The van der Waals surface area contributed by atoms with Crippen LogP contribution in [0.3, 0.4) is 0 Å². The summed E-state index contributed by atoms with van der Waals surface area (Å²) in [4.78, 5) is 14.0. The zero-order valence-corrected chi connectivity index (χ0v) is 9.17. The van der Waals surface area contributed by atoms with E-state index in [4.69, 9.17) is 0 Å². The summed E-state index contributed by atoms with van der Waals surface area (Å²) in [5.74, 6) is 1.79. The number of hydrogen-bond acceptors (Lipinski definition) is 2. The monoisotopic (exact) mass is 195 g/mol. The predicted octanol–water partition coefficient (Wildman–Crippen LogP) is 2.09. The fourth-order valence-electron chi connectivity index (χ4n) is 2.80. The molecule has 1 aliphatic heterocycles. The van der Waals surface area contributed by atoms with E-state index in [2.05, 4.69) is 11.8 Å². The van der Waals surface area contributed by atoms with E-state index in [0.717, 1.165) is 31.7 Å². The van der Waals surface area contributed by atoms with Crippen LogP contribution in [0.4, 0.5) is 0 Å². The minimum atomic E-state index is 0.380. The largest absolute Gasteiger partial charge is 0.302 e. The average Bonchev–Trinajstić information content (AvgIpc) is 2.77. The number of Topliss-reactive ketones (excluding diaryl/α,β-unsaturated/α-hetero) is 1. The molecule has 2 heteroatoms. The standard InChI is InChI=1S/C12H21NO/c1-2-10-6-7-13(8-10)9-11-4-3-5-12(11)14/h10-11H,2-9H2,1H3. The molecular formula is C12H21NO. The summed E-state index contributed by atoms with van der Waals surface area (Å²) in [6.45, 7) is 5.78. The van der Waals surface area contributed by atoms with Gasteiger partial charge in [0.15, 0.2) is 0 Å².